The number of benzene rings is 1. The minimum atomic E-state index is -0.966. The van der Waals surface area contributed by atoms with Gasteiger partial charge in [-0.25, -0.2) is 9.78 Å². The number of ether oxygens (including phenoxy) is 1. The number of amides is 3. The molecule has 0 saturated heterocycles. The first-order valence-electron chi connectivity index (χ1n) is 9.15. The molecule has 0 bridgehead atoms. The number of carbonyl (C=O) groups excluding carboxylic acids is 2. The van der Waals surface area contributed by atoms with E-state index in [1.54, 1.807) is 6.07 Å². The molecule has 148 valence electrons. The fourth-order valence-corrected chi connectivity index (χ4v) is 3.18. The summed E-state index contributed by atoms with van der Waals surface area (Å²) < 4.78 is 5.03. The third-order valence-electron chi connectivity index (χ3n) is 4.67. The second kappa shape index (κ2) is 9.03. The van der Waals surface area contributed by atoms with Gasteiger partial charge >= 0.3 is 6.03 Å². The summed E-state index contributed by atoms with van der Waals surface area (Å²) in [7, 11) is 1.50. The Bertz CT molecular complexity index is 808. The fourth-order valence-electron chi connectivity index (χ4n) is 3.18. The third kappa shape index (κ3) is 4.87. The Labute approximate surface area is 163 Å². The van der Waals surface area contributed by atoms with Crippen LogP contribution in [0.2, 0.25) is 0 Å². The van der Waals surface area contributed by atoms with Gasteiger partial charge in [0.2, 0.25) is 11.8 Å². The zero-order valence-electron chi connectivity index (χ0n) is 15.7. The van der Waals surface area contributed by atoms with Gasteiger partial charge in [0.25, 0.3) is 5.91 Å². The Morgan fingerprint density at radius 3 is 2.61 bits per heavy atom. The van der Waals surface area contributed by atoms with Crippen molar-refractivity contribution in [2.75, 3.05) is 12.5 Å². The van der Waals surface area contributed by atoms with E-state index >= 15 is 0 Å². The number of methoxy groups -OCH3 is 1. The average molecular weight is 384 g/mol. The first-order chi connectivity index (χ1) is 13.6. The summed E-state index contributed by atoms with van der Waals surface area (Å²) in [5.74, 6) is 0.251. The van der Waals surface area contributed by atoms with E-state index in [1.165, 1.54) is 13.3 Å². The number of hydrogen-bond donors (Lipinski definition) is 4. The molecule has 4 N–H and O–H groups in total. The molecule has 3 rings (SSSR count). The van der Waals surface area contributed by atoms with E-state index in [2.05, 4.69) is 31.5 Å². The molecule has 9 heteroatoms. The Balaban J connectivity index is 1.57. The Kier molecular flexibility index (Phi) is 6.25. The minimum absolute atomic E-state index is 0.203. The minimum Gasteiger partial charge on any atom is -0.481 e. The molecule has 0 radical (unpaired) electrons. The molecule has 1 heterocycles. The van der Waals surface area contributed by atoms with Crippen LogP contribution in [-0.4, -0.2) is 34.6 Å². The molecule has 1 aliphatic rings. The Hall–Kier alpha value is -3.36. The number of carbonyl (C=O) groups is 2. The van der Waals surface area contributed by atoms with Crippen molar-refractivity contribution < 1.29 is 14.3 Å². The highest BCUT2D eigenvalue weighted by Gasteiger charge is 2.42. The van der Waals surface area contributed by atoms with Gasteiger partial charge in [0.05, 0.1) is 7.11 Å². The summed E-state index contributed by atoms with van der Waals surface area (Å²) in [6.45, 7) is 0.389. The summed E-state index contributed by atoms with van der Waals surface area (Å²) in [5, 5.41) is 5.66. The van der Waals surface area contributed by atoms with E-state index in [0.717, 1.165) is 18.4 Å². The molecule has 0 atom stereocenters. The molecule has 1 aromatic heterocycles. The van der Waals surface area contributed by atoms with Crippen molar-refractivity contribution in [3.8, 4) is 5.88 Å². The monoisotopic (exact) mass is 384 g/mol. The number of hydrazine groups is 1. The van der Waals surface area contributed by atoms with E-state index in [1.807, 2.05) is 30.3 Å². The molecule has 1 aromatic carbocycles. The van der Waals surface area contributed by atoms with Crippen LogP contribution in [0.3, 0.4) is 0 Å². The molecule has 1 saturated carbocycles. The summed E-state index contributed by atoms with van der Waals surface area (Å²) in [4.78, 5) is 33.3. The normalized spacial score (nSPS) is 14.8. The molecule has 0 spiro atoms. The van der Waals surface area contributed by atoms with Crippen molar-refractivity contribution >= 4 is 17.9 Å². The van der Waals surface area contributed by atoms with Gasteiger partial charge in [-0.15, -0.1) is 0 Å². The molecular weight excluding hydrogens is 360 g/mol. The van der Waals surface area contributed by atoms with Gasteiger partial charge in [0.15, 0.2) is 0 Å². The van der Waals surface area contributed by atoms with Gasteiger partial charge in [-0.1, -0.05) is 43.2 Å². The quantitative estimate of drug-likeness (QED) is 0.540. The molecule has 1 fully saturated rings. The molecular formula is C19H24N6O3. The fraction of sp³-hybridized carbons (Fsp3) is 0.368. The molecule has 3 amide bonds. The first-order valence-corrected chi connectivity index (χ1v) is 9.15. The zero-order chi connectivity index (χ0) is 19.8. The smallest absolute Gasteiger partial charge is 0.315 e. The topological polar surface area (TPSA) is 117 Å². The molecule has 2 aromatic rings. The molecule has 1 aliphatic carbocycles. The van der Waals surface area contributed by atoms with Crippen LogP contribution in [0.1, 0.15) is 31.2 Å². The highest BCUT2D eigenvalue weighted by atomic mass is 16.5. The second-order valence-electron chi connectivity index (χ2n) is 6.58. The van der Waals surface area contributed by atoms with Gasteiger partial charge in [-0.05, 0) is 18.4 Å². The summed E-state index contributed by atoms with van der Waals surface area (Å²) in [6.07, 6.45) is 4.38. The number of anilines is 1. The maximum atomic E-state index is 12.8. The lowest BCUT2D eigenvalue weighted by molar-refractivity contribution is -0.126. The van der Waals surface area contributed by atoms with Crippen molar-refractivity contribution in [2.24, 2.45) is 0 Å². The van der Waals surface area contributed by atoms with Crippen LogP contribution in [0, 0.1) is 0 Å². The van der Waals surface area contributed by atoms with Gasteiger partial charge < -0.3 is 15.4 Å². The van der Waals surface area contributed by atoms with Crippen molar-refractivity contribution in [1.29, 1.82) is 0 Å². The number of hydrogen-bond acceptors (Lipinski definition) is 6. The molecule has 0 unspecified atom stereocenters. The lowest BCUT2D eigenvalue weighted by Crippen LogP contribution is -2.60. The zero-order valence-corrected chi connectivity index (χ0v) is 15.7. The molecule has 9 nitrogen and oxygen atoms in total. The van der Waals surface area contributed by atoms with Crippen molar-refractivity contribution in [3.63, 3.8) is 0 Å². The standard InChI is InChI=1S/C19H24N6O3/c1-28-15-9-12-20-17(22-15)25-24-16(26)19(10-5-6-11-19)23-18(27)21-13-14-7-3-2-4-8-14/h2-4,7-9,12H,5-6,10-11,13H2,1H3,(H,24,26)(H,20,22,25)(H2,21,23,27). The van der Waals surface area contributed by atoms with Crippen LogP contribution in [-0.2, 0) is 11.3 Å². The van der Waals surface area contributed by atoms with Gasteiger partial charge in [0.1, 0.15) is 5.54 Å². The average Bonchev–Trinajstić information content (AvgIpc) is 3.21. The highest BCUT2D eigenvalue weighted by Crippen LogP contribution is 2.30. The highest BCUT2D eigenvalue weighted by molar-refractivity contribution is 5.91. The predicted octanol–water partition coefficient (Wildman–Crippen LogP) is 1.74. The molecule has 0 aliphatic heterocycles. The maximum absolute atomic E-state index is 12.8. The number of rotatable bonds is 7. The van der Waals surface area contributed by atoms with Crippen LogP contribution in [0.4, 0.5) is 10.7 Å². The Morgan fingerprint density at radius 1 is 1.14 bits per heavy atom. The predicted molar refractivity (Wildman–Crippen MR) is 103 cm³/mol. The third-order valence-corrected chi connectivity index (χ3v) is 4.67. The van der Waals surface area contributed by atoms with Gasteiger partial charge in [0, 0.05) is 18.8 Å². The summed E-state index contributed by atoms with van der Waals surface area (Å²) in [5.41, 5.74) is 5.30. The van der Waals surface area contributed by atoms with Crippen LogP contribution in [0.5, 0.6) is 5.88 Å². The van der Waals surface area contributed by atoms with Crippen LogP contribution >= 0.6 is 0 Å². The van der Waals surface area contributed by atoms with Crippen molar-refractivity contribution in [3.05, 3.63) is 48.2 Å². The number of aromatic nitrogens is 2. The van der Waals surface area contributed by atoms with E-state index in [0.29, 0.717) is 25.3 Å². The number of nitrogens with one attached hydrogen (secondary N) is 4. The van der Waals surface area contributed by atoms with Crippen LogP contribution in [0.15, 0.2) is 42.6 Å². The maximum Gasteiger partial charge on any atom is 0.315 e. The lowest BCUT2D eigenvalue weighted by Gasteiger charge is -2.29. The van der Waals surface area contributed by atoms with Crippen LogP contribution in [0.25, 0.3) is 0 Å². The summed E-state index contributed by atoms with van der Waals surface area (Å²) >= 11 is 0. The first kappa shape index (κ1) is 19.4. The second-order valence-corrected chi connectivity index (χ2v) is 6.58. The molecule has 28 heavy (non-hydrogen) atoms. The van der Waals surface area contributed by atoms with Gasteiger partial charge in [-0.2, -0.15) is 4.98 Å². The van der Waals surface area contributed by atoms with Crippen molar-refractivity contribution in [2.45, 2.75) is 37.8 Å². The largest absolute Gasteiger partial charge is 0.481 e. The van der Waals surface area contributed by atoms with E-state index in [9.17, 15) is 9.59 Å². The summed E-state index contributed by atoms with van der Waals surface area (Å²) in [6, 6.07) is 10.8. The van der Waals surface area contributed by atoms with E-state index in [-0.39, 0.29) is 17.9 Å². The van der Waals surface area contributed by atoms with Crippen molar-refractivity contribution in [1.82, 2.24) is 26.0 Å². The van der Waals surface area contributed by atoms with E-state index < -0.39 is 5.54 Å². The Morgan fingerprint density at radius 2 is 1.89 bits per heavy atom. The van der Waals surface area contributed by atoms with Gasteiger partial charge in [-0.3, -0.25) is 15.6 Å². The number of urea groups is 1. The van der Waals surface area contributed by atoms with E-state index in [4.69, 9.17) is 4.74 Å². The van der Waals surface area contributed by atoms with Crippen LogP contribution < -0.4 is 26.2 Å². The lowest BCUT2D eigenvalue weighted by atomic mass is 9.97. The number of nitrogens with zero attached hydrogens (tertiary/aromatic N) is 2. The SMILES string of the molecule is COc1ccnc(NNC(=O)C2(NC(=O)NCc3ccccc3)CCCC2)n1.